The highest BCUT2D eigenvalue weighted by atomic mass is 32.2. The zero-order valence-corrected chi connectivity index (χ0v) is 11.4. The van der Waals surface area contributed by atoms with Gasteiger partial charge in [-0.3, -0.25) is 10.1 Å². The minimum atomic E-state index is -4.68. The standard InChI is InChI=1S/C11H9F2N3O4S/c1-6-15-16-11(20-6)14-9(17)7-2-4-8(5-3-7)21(18,19)10(12)13/h2-5,10H,1H3,(H,14,16,17). The Bertz CT molecular complexity index is 756. The van der Waals surface area contributed by atoms with Gasteiger partial charge in [-0.25, -0.2) is 8.42 Å². The summed E-state index contributed by atoms with van der Waals surface area (Å²) >= 11 is 0. The van der Waals surface area contributed by atoms with Crippen molar-refractivity contribution in [3.05, 3.63) is 35.7 Å². The number of benzene rings is 1. The van der Waals surface area contributed by atoms with E-state index in [1.807, 2.05) is 0 Å². The number of sulfone groups is 1. The Balaban J connectivity index is 2.17. The van der Waals surface area contributed by atoms with Crippen LogP contribution in [0.25, 0.3) is 0 Å². The molecule has 1 aromatic carbocycles. The lowest BCUT2D eigenvalue weighted by atomic mass is 10.2. The van der Waals surface area contributed by atoms with Crippen LogP contribution in [-0.4, -0.2) is 30.3 Å². The molecule has 21 heavy (non-hydrogen) atoms. The molecule has 0 aliphatic heterocycles. The van der Waals surface area contributed by atoms with E-state index in [-0.39, 0.29) is 17.5 Å². The predicted molar refractivity (Wildman–Crippen MR) is 66.6 cm³/mol. The number of hydrogen-bond donors (Lipinski definition) is 1. The molecule has 0 atom stereocenters. The third kappa shape index (κ3) is 3.21. The van der Waals surface area contributed by atoms with Gasteiger partial charge in [-0.2, -0.15) is 8.78 Å². The molecule has 0 unspecified atom stereocenters. The van der Waals surface area contributed by atoms with Gasteiger partial charge < -0.3 is 4.42 Å². The van der Waals surface area contributed by atoms with E-state index < -0.39 is 26.4 Å². The number of nitrogens with zero attached hydrogens (tertiary/aromatic N) is 2. The van der Waals surface area contributed by atoms with Crippen LogP contribution in [0.15, 0.2) is 33.6 Å². The van der Waals surface area contributed by atoms with Crippen molar-refractivity contribution < 1.29 is 26.4 Å². The van der Waals surface area contributed by atoms with Gasteiger partial charge >= 0.3 is 11.8 Å². The van der Waals surface area contributed by atoms with Crippen molar-refractivity contribution in [1.29, 1.82) is 0 Å². The van der Waals surface area contributed by atoms with E-state index in [1.54, 1.807) is 0 Å². The summed E-state index contributed by atoms with van der Waals surface area (Å²) in [6.45, 7) is 1.53. The van der Waals surface area contributed by atoms with Crippen molar-refractivity contribution in [3.8, 4) is 0 Å². The number of alkyl halides is 2. The maximum absolute atomic E-state index is 12.4. The van der Waals surface area contributed by atoms with E-state index in [1.165, 1.54) is 6.92 Å². The molecule has 0 saturated carbocycles. The number of anilines is 1. The Labute approximate surface area is 117 Å². The molecule has 1 heterocycles. The molecular formula is C11H9F2N3O4S. The summed E-state index contributed by atoms with van der Waals surface area (Å²) in [6.07, 6.45) is 0. The molecule has 1 amide bonds. The van der Waals surface area contributed by atoms with E-state index in [9.17, 15) is 22.0 Å². The lowest BCUT2D eigenvalue weighted by Crippen LogP contribution is -2.14. The summed E-state index contributed by atoms with van der Waals surface area (Å²) in [5.41, 5.74) is 0.0547. The first kappa shape index (κ1) is 15.0. The van der Waals surface area contributed by atoms with E-state index >= 15 is 0 Å². The number of carbonyl (C=O) groups is 1. The van der Waals surface area contributed by atoms with Crippen molar-refractivity contribution in [2.24, 2.45) is 0 Å². The normalized spacial score (nSPS) is 11.6. The summed E-state index contributed by atoms with van der Waals surface area (Å²) in [4.78, 5) is 11.2. The number of halogens is 2. The molecule has 2 rings (SSSR count). The summed E-state index contributed by atoms with van der Waals surface area (Å²) in [6, 6.07) is 3.94. The highest BCUT2D eigenvalue weighted by molar-refractivity contribution is 7.91. The number of hydrogen-bond acceptors (Lipinski definition) is 6. The van der Waals surface area contributed by atoms with Gasteiger partial charge in [0.25, 0.3) is 5.91 Å². The van der Waals surface area contributed by atoms with Crippen LogP contribution in [0.2, 0.25) is 0 Å². The van der Waals surface area contributed by atoms with Crippen molar-refractivity contribution in [2.45, 2.75) is 17.6 Å². The lowest BCUT2D eigenvalue weighted by Gasteiger charge is -2.04. The van der Waals surface area contributed by atoms with Gasteiger partial charge in [-0.05, 0) is 24.3 Å². The van der Waals surface area contributed by atoms with Gasteiger partial charge in [0.05, 0.1) is 4.90 Å². The van der Waals surface area contributed by atoms with Crippen molar-refractivity contribution >= 4 is 21.8 Å². The Kier molecular flexibility index (Phi) is 3.98. The molecule has 0 saturated heterocycles. The monoisotopic (exact) mass is 317 g/mol. The molecule has 10 heteroatoms. The van der Waals surface area contributed by atoms with Gasteiger partial charge in [0.1, 0.15) is 0 Å². The zero-order valence-electron chi connectivity index (χ0n) is 10.6. The summed E-state index contributed by atoms with van der Waals surface area (Å²) in [7, 11) is -4.68. The fraction of sp³-hybridized carbons (Fsp3) is 0.182. The van der Waals surface area contributed by atoms with Crippen LogP contribution in [0, 0.1) is 6.92 Å². The molecule has 0 spiro atoms. The molecule has 0 bridgehead atoms. The molecule has 1 aromatic heterocycles. The number of rotatable bonds is 4. The van der Waals surface area contributed by atoms with Crippen LogP contribution >= 0.6 is 0 Å². The Morgan fingerprint density at radius 1 is 1.24 bits per heavy atom. The summed E-state index contributed by atoms with van der Waals surface area (Å²) < 4.78 is 52.1. The molecule has 0 aliphatic carbocycles. The van der Waals surface area contributed by atoms with Gasteiger partial charge in [0.15, 0.2) is 0 Å². The number of carbonyl (C=O) groups excluding carboxylic acids is 1. The van der Waals surface area contributed by atoms with Crippen LogP contribution in [-0.2, 0) is 9.84 Å². The van der Waals surface area contributed by atoms with E-state index in [0.29, 0.717) is 0 Å². The van der Waals surface area contributed by atoms with Crippen LogP contribution < -0.4 is 5.32 Å². The maximum Gasteiger partial charge on any atom is 0.341 e. The lowest BCUT2D eigenvalue weighted by molar-refractivity contribution is 0.102. The van der Waals surface area contributed by atoms with Crippen LogP contribution in [0.3, 0.4) is 0 Å². The summed E-state index contributed by atoms with van der Waals surface area (Å²) in [5, 5.41) is 9.34. The Morgan fingerprint density at radius 3 is 2.33 bits per heavy atom. The Morgan fingerprint density at radius 2 is 1.86 bits per heavy atom. The van der Waals surface area contributed by atoms with E-state index in [0.717, 1.165) is 24.3 Å². The van der Waals surface area contributed by atoms with Crippen LogP contribution in [0.1, 0.15) is 16.2 Å². The van der Waals surface area contributed by atoms with E-state index in [2.05, 4.69) is 15.5 Å². The quantitative estimate of drug-likeness (QED) is 0.919. The molecular weight excluding hydrogens is 308 g/mol. The number of aromatic nitrogens is 2. The fourth-order valence-corrected chi connectivity index (χ4v) is 2.14. The van der Waals surface area contributed by atoms with Gasteiger partial charge in [0.2, 0.25) is 15.7 Å². The van der Waals surface area contributed by atoms with Crippen molar-refractivity contribution in [1.82, 2.24) is 10.2 Å². The molecule has 7 nitrogen and oxygen atoms in total. The van der Waals surface area contributed by atoms with Crippen LogP contribution in [0.5, 0.6) is 0 Å². The minimum Gasteiger partial charge on any atom is -0.408 e. The van der Waals surface area contributed by atoms with Gasteiger partial charge in [-0.1, -0.05) is 5.10 Å². The van der Waals surface area contributed by atoms with E-state index in [4.69, 9.17) is 4.42 Å². The first-order valence-electron chi connectivity index (χ1n) is 5.54. The predicted octanol–water partition coefficient (Wildman–Crippen LogP) is 1.63. The zero-order chi connectivity index (χ0) is 15.6. The molecule has 112 valence electrons. The number of nitrogens with one attached hydrogen (secondary N) is 1. The van der Waals surface area contributed by atoms with Crippen molar-refractivity contribution in [2.75, 3.05) is 5.32 Å². The first-order valence-corrected chi connectivity index (χ1v) is 7.09. The fourth-order valence-electron chi connectivity index (χ4n) is 1.42. The molecule has 1 N–H and O–H groups in total. The topological polar surface area (TPSA) is 102 Å². The average Bonchev–Trinajstić information content (AvgIpc) is 2.84. The summed E-state index contributed by atoms with van der Waals surface area (Å²) in [5.74, 6) is -3.90. The Hall–Kier alpha value is -2.36. The van der Waals surface area contributed by atoms with Crippen molar-refractivity contribution in [3.63, 3.8) is 0 Å². The second-order valence-electron chi connectivity index (χ2n) is 3.91. The van der Waals surface area contributed by atoms with Gasteiger partial charge in [0, 0.05) is 12.5 Å². The third-order valence-corrected chi connectivity index (χ3v) is 3.82. The number of aryl methyl sites for hydroxylation is 1. The average molecular weight is 317 g/mol. The second-order valence-corrected chi connectivity index (χ2v) is 5.83. The molecule has 0 aliphatic rings. The second kappa shape index (κ2) is 5.56. The minimum absolute atomic E-state index is 0.0547. The highest BCUT2D eigenvalue weighted by Crippen LogP contribution is 2.19. The maximum atomic E-state index is 12.4. The largest absolute Gasteiger partial charge is 0.408 e. The molecule has 0 radical (unpaired) electrons. The number of amides is 1. The van der Waals surface area contributed by atoms with Gasteiger partial charge in [-0.15, -0.1) is 5.10 Å². The highest BCUT2D eigenvalue weighted by Gasteiger charge is 2.26. The molecule has 2 aromatic rings. The van der Waals surface area contributed by atoms with Crippen LogP contribution in [0.4, 0.5) is 14.8 Å². The smallest absolute Gasteiger partial charge is 0.341 e. The third-order valence-electron chi connectivity index (χ3n) is 2.43. The first-order chi connectivity index (χ1) is 9.80. The SMILES string of the molecule is Cc1nnc(NC(=O)c2ccc(S(=O)(=O)C(F)F)cc2)o1. The molecule has 0 fully saturated rings.